The number of aromatic nitrogens is 1. The molecule has 0 fully saturated rings. The predicted octanol–water partition coefficient (Wildman–Crippen LogP) is 3.07. The van der Waals surface area contributed by atoms with E-state index in [0.717, 1.165) is 18.8 Å². The minimum atomic E-state index is 0.491. The summed E-state index contributed by atoms with van der Waals surface area (Å²) in [4.78, 5) is 6.49. The lowest BCUT2D eigenvalue weighted by Gasteiger charge is -2.26. The lowest BCUT2D eigenvalue weighted by atomic mass is 10.1. The van der Waals surface area contributed by atoms with Gasteiger partial charge in [0, 0.05) is 37.2 Å². The quantitative estimate of drug-likeness (QED) is 0.835. The van der Waals surface area contributed by atoms with Gasteiger partial charge in [-0.3, -0.25) is 9.88 Å². The lowest BCUT2D eigenvalue weighted by Crippen LogP contribution is -2.29. The number of rotatable bonds is 5. The van der Waals surface area contributed by atoms with Crippen molar-refractivity contribution >= 4 is 5.69 Å². The van der Waals surface area contributed by atoms with Gasteiger partial charge in [0.05, 0.1) is 0 Å². The number of anilines is 1. The maximum atomic E-state index is 5.72. The molecular weight excluding hydrogens is 234 g/mol. The Bertz CT molecular complexity index is 491. The highest BCUT2D eigenvalue weighted by Gasteiger charge is 2.10. The molecule has 1 heterocycles. The second-order valence-electron chi connectivity index (χ2n) is 5.10. The van der Waals surface area contributed by atoms with Gasteiger partial charge in [-0.15, -0.1) is 0 Å². The summed E-state index contributed by atoms with van der Waals surface area (Å²) < 4.78 is 0. The van der Waals surface area contributed by atoms with Crippen molar-refractivity contribution in [3.63, 3.8) is 0 Å². The van der Waals surface area contributed by atoms with Crippen LogP contribution in [-0.2, 0) is 13.1 Å². The van der Waals surface area contributed by atoms with E-state index < -0.39 is 0 Å². The first kappa shape index (κ1) is 13.6. The number of pyridine rings is 1. The molecule has 19 heavy (non-hydrogen) atoms. The number of hydrogen-bond acceptors (Lipinski definition) is 3. The van der Waals surface area contributed by atoms with Crippen LogP contribution in [0.25, 0.3) is 0 Å². The summed E-state index contributed by atoms with van der Waals surface area (Å²) >= 11 is 0. The molecule has 0 spiro atoms. The van der Waals surface area contributed by atoms with E-state index in [-0.39, 0.29) is 0 Å². The molecule has 0 amide bonds. The lowest BCUT2D eigenvalue weighted by molar-refractivity contribution is 0.203. The van der Waals surface area contributed by atoms with Crippen LogP contribution in [0.5, 0.6) is 0 Å². The van der Waals surface area contributed by atoms with E-state index in [9.17, 15) is 0 Å². The van der Waals surface area contributed by atoms with Crippen LogP contribution in [0.2, 0.25) is 0 Å². The van der Waals surface area contributed by atoms with Gasteiger partial charge in [0.2, 0.25) is 0 Å². The smallest absolute Gasteiger partial charge is 0.0314 e. The summed E-state index contributed by atoms with van der Waals surface area (Å²) in [7, 11) is 0. The largest absolute Gasteiger partial charge is 0.399 e. The second-order valence-corrected chi connectivity index (χ2v) is 5.10. The van der Waals surface area contributed by atoms with Crippen LogP contribution < -0.4 is 5.73 Å². The van der Waals surface area contributed by atoms with Gasteiger partial charge in [-0.2, -0.15) is 0 Å². The molecule has 0 aliphatic heterocycles. The third-order valence-corrected chi connectivity index (χ3v) is 3.23. The van der Waals surface area contributed by atoms with Crippen molar-refractivity contribution in [2.45, 2.75) is 33.0 Å². The zero-order chi connectivity index (χ0) is 13.7. The number of nitrogens with two attached hydrogens (primary N) is 1. The average Bonchev–Trinajstić information content (AvgIpc) is 2.41. The molecule has 0 saturated heterocycles. The van der Waals surface area contributed by atoms with Gasteiger partial charge >= 0.3 is 0 Å². The van der Waals surface area contributed by atoms with Crippen LogP contribution in [0, 0.1) is 0 Å². The highest BCUT2D eigenvalue weighted by atomic mass is 15.1. The van der Waals surface area contributed by atoms with Crippen LogP contribution in [-0.4, -0.2) is 15.9 Å². The highest BCUT2D eigenvalue weighted by molar-refractivity contribution is 5.39. The van der Waals surface area contributed by atoms with E-state index in [0.29, 0.717) is 6.04 Å². The number of hydrogen-bond donors (Lipinski definition) is 1. The Morgan fingerprint density at radius 2 is 1.47 bits per heavy atom. The fourth-order valence-corrected chi connectivity index (χ4v) is 2.00. The number of benzene rings is 1. The number of nitrogen functional groups attached to an aromatic ring is 1. The minimum Gasteiger partial charge on any atom is -0.399 e. The van der Waals surface area contributed by atoms with Gasteiger partial charge in [-0.05, 0) is 49.2 Å². The third-order valence-electron chi connectivity index (χ3n) is 3.23. The molecule has 1 aromatic heterocycles. The first-order valence-electron chi connectivity index (χ1n) is 6.62. The molecule has 1 aromatic carbocycles. The Kier molecular flexibility index (Phi) is 4.53. The van der Waals surface area contributed by atoms with E-state index in [1.807, 2.05) is 24.5 Å². The van der Waals surface area contributed by atoms with Crippen molar-refractivity contribution in [2.24, 2.45) is 0 Å². The van der Waals surface area contributed by atoms with E-state index in [4.69, 9.17) is 5.73 Å². The highest BCUT2D eigenvalue weighted by Crippen LogP contribution is 2.14. The van der Waals surface area contributed by atoms with Crippen molar-refractivity contribution < 1.29 is 0 Å². The predicted molar refractivity (Wildman–Crippen MR) is 79.5 cm³/mol. The van der Waals surface area contributed by atoms with Crippen molar-refractivity contribution in [1.82, 2.24) is 9.88 Å². The van der Waals surface area contributed by atoms with E-state index in [2.05, 4.69) is 48.0 Å². The fraction of sp³-hybridized carbons (Fsp3) is 0.312. The monoisotopic (exact) mass is 255 g/mol. The molecule has 3 heteroatoms. The van der Waals surface area contributed by atoms with Gasteiger partial charge < -0.3 is 5.73 Å². The topological polar surface area (TPSA) is 42.2 Å². The van der Waals surface area contributed by atoms with Crippen molar-refractivity contribution in [2.75, 3.05) is 5.73 Å². The van der Waals surface area contributed by atoms with Gasteiger partial charge in [-0.25, -0.2) is 0 Å². The first-order valence-corrected chi connectivity index (χ1v) is 6.62. The Hall–Kier alpha value is -1.87. The summed E-state index contributed by atoms with van der Waals surface area (Å²) in [5.41, 5.74) is 9.11. The summed E-state index contributed by atoms with van der Waals surface area (Å²) in [6, 6.07) is 12.7. The van der Waals surface area contributed by atoms with Gasteiger partial charge in [0.15, 0.2) is 0 Å². The maximum absolute atomic E-state index is 5.72. The summed E-state index contributed by atoms with van der Waals surface area (Å²) in [6.07, 6.45) is 3.69. The Morgan fingerprint density at radius 1 is 0.947 bits per heavy atom. The normalized spacial score (nSPS) is 11.2. The molecule has 0 unspecified atom stereocenters. The molecule has 0 bridgehead atoms. The van der Waals surface area contributed by atoms with Crippen LogP contribution in [0.15, 0.2) is 48.8 Å². The molecule has 3 nitrogen and oxygen atoms in total. The second kappa shape index (κ2) is 6.34. The van der Waals surface area contributed by atoms with Crippen LogP contribution in [0.4, 0.5) is 5.69 Å². The molecule has 2 rings (SSSR count). The minimum absolute atomic E-state index is 0.491. The summed E-state index contributed by atoms with van der Waals surface area (Å²) in [6.45, 7) is 6.31. The Balaban J connectivity index is 2.06. The molecule has 0 saturated carbocycles. The van der Waals surface area contributed by atoms with Gasteiger partial charge in [-0.1, -0.05) is 12.1 Å². The zero-order valence-electron chi connectivity index (χ0n) is 11.6. The Morgan fingerprint density at radius 3 is 2.00 bits per heavy atom. The van der Waals surface area contributed by atoms with Crippen molar-refractivity contribution in [3.8, 4) is 0 Å². The SMILES string of the molecule is CC(C)N(Cc1ccncc1)Cc1ccc(N)cc1. The molecule has 0 aliphatic carbocycles. The van der Waals surface area contributed by atoms with E-state index >= 15 is 0 Å². The van der Waals surface area contributed by atoms with E-state index in [1.165, 1.54) is 11.1 Å². The Labute approximate surface area is 115 Å². The molecule has 0 aliphatic rings. The van der Waals surface area contributed by atoms with E-state index in [1.54, 1.807) is 0 Å². The number of nitrogens with zero attached hydrogens (tertiary/aromatic N) is 2. The van der Waals surface area contributed by atoms with Crippen molar-refractivity contribution in [3.05, 3.63) is 59.9 Å². The molecule has 100 valence electrons. The summed E-state index contributed by atoms with van der Waals surface area (Å²) in [5.74, 6) is 0. The van der Waals surface area contributed by atoms with Crippen LogP contribution in [0.1, 0.15) is 25.0 Å². The van der Waals surface area contributed by atoms with Gasteiger partial charge in [0.25, 0.3) is 0 Å². The zero-order valence-corrected chi connectivity index (χ0v) is 11.6. The summed E-state index contributed by atoms with van der Waals surface area (Å²) in [5, 5.41) is 0. The van der Waals surface area contributed by atoms with Crippen molar-refractivity contribution in [1.29, 1.82) is 0 Å². The maximum Gasteiger partial charge on any atom is 0.0314 e. The van der Waals surface area contributed by atoms with Crippen LogP contribution >= 0.6 is 0 Å². The first-order chi connectivity index (χ1) is 9.15. The third kappa shape index (κ3) is 4.07. The van der Waals surface area contributed by atoms with Crippen LogP contribution in [0.3, 0.4) is 0 Å². The molecular formula is C16H21N3. The average molecular weight is 255 g/mol. The molecule has 2 aromatic rings. The molecule has 2 N–H and O–H groups in total. The molecule has 0 atom stereocenters. The molecule has 0 radical (unpaired) electrons. The van der Waals surface area contributed by atoms with Gasteiger partial charge in [0.1, 0.15) is 0 Å². The fourth-order valence-electron chi connectivity index (χ4n) is 2.00. The standard InChI is InChI=1S/C16H21N3/c1-13(2)19(12-15-7-9-18-10-8-15)11-14-3-5-16(17)6-4-14/h3-10,13H,11-12,17H2,1-2H3.